The lowest BCUT2D eigenvalue weighted by Crippen LogP contribution is -2.40. The third-order valence-corrected chi connectivity index (χ3v) is 4.20. The van der Waals surface area contributed by atoms with E-state index in [9.17, 15) is 18.0 Å². The minimum absolute atomic E-state index is 0.269. The lowest BCUT2D eigenvalue weighted by Gasteiger charge is -2.24. The van der Waals surface area contributed by atoms with Gasteiger partial charge < -0.3 is 18.9 Å². The Balaban J connectivity index is 1.85. The van der Waals surface area contributed by atoms with E-state index >= 15 is 0 Å². The molecule has 0 saturated heterocycles. The summed E-state index contributed by atoms with van der Waals surface area (Å²) in [5.74, 6) is -0.357. The van der Waals surface area contributed by atoms with Crippen LogP contribution in [0.3, 0.4) is 0 Å². The number of aromatic nitrogens is 1. The van der Waals surface area contributed by atoms with E-state index in [1.54, 1.807) is 37.4 Å². The van der Waals surface area contributed by atoms with E-state index in [1.807, 2.05) is 0 Å². The molecule has 0 N–H and O–H groups in total. The average molecular weight is 413 g/mol. The van der Waals surface area contributed by atoms with Gasteiger partial charge in [0.05, 0.1) is 13.7 Å². The number of carbonyl (C=O) groups excluding carboxylic acids is 1. The number of benzene rings is 1. The van der Waals surface area contributed by atoms with Crippen LogP contribution in [0.4, 0.5) is 13.2 Å². The first-order chi connectivity index (χ1) is 13.6. The van der Waals surface area contributed by atoms with Crippen molar-refractivity contribution in [1.82, 2.24) is 4.98 Å². The molecule has 9 heteroatoms. The van der Waals surface area contributed by atoms with Crippen LogP contribution in [0.15, 0.2) is 42.6 Å². The Morgan fingerprint density at radius 2 is 1.69 bits per heavy atom. The second-order valence-electron chi connectivity index (χ2n) is 6.40. The monoisotopic (exact) mass is 413 g/mol. The summed E-state index contributed by atoms with van der Waals surface area (Å²) in [5, 5.41) is 0. The van der Waals surface area contributed by atoms with Crippen LogP contribution in [0.5, 0.6) is 11.6 Å². The SMILES string of the molecule is COC(=O)C(C)(Cc1ccc(OCCc2ccc(OC(F)(F)F)cc2)nc1)OC. The van der Waals surface area contributed by atoms with Gasteiger partial charge in [0.1, 0.15) is 5.75 Å². The zero-order valence-corrected chi connectivity index (χ0v) is 16.3. The van der Waals surface area contributed by atoms with Gasteiger partial charge in [-0.05, 0) is 30.2 Å². The van der Waals surface area contributed by atoms with Gasteiger partial charge >= 0.3 is 12.3 Å². The Hall–Kier alpha value is -2.81. The number of carbonyl (C=O) groups is 1. The molecule has 2 rings (SSSR count). The highest BCUT2D eigenvalue weighted by Gasteiger charge is 2.34. The highest BCUT2D eigenvalue weighted by molar-refractivity contribution is 5.79. The number of methoxy groups -OCH3 is 2. The maximum Gasteiger partial charge on any atom is 0.573 e. The number of pyridine rings is 1. The molecule has 0 fully saturated rings. The first-order valence-electron chi connectivity index (χ1n) is 8.71. The zero-order valence-electron chi connectivity index (χ0n) is 16.3. The maximum absolute atomic E-state index is 12.2. The molecule has 6 nitrogen and oxygen atoms in total. The van der Waals surface area contributed by atoms with Gasteiger partial charge in [0.15, 0.2) is 5.60 Å². The predicted molar refractivity (Wildman–Crippen MR) is 97.7 cm³/mol. The Kier molecular flexibility index (Phi) is 7.44. The summed E-state index contributed by atoms with van der Waals surface area (Å²) < 4.78 is 55.9. The Bertz CT molecular complexity index is 793. The fraction of sp³-hybridized carbons (Fsp3) is 0.400. The van der Waals surface area contributed by atoms with Gasteiger partial charge in [-0.2, -0.15) is 0 Å². The van der Waals surface area contributed by atoms with Crippen molar-refractivity contribution in [1.29, 1.82) is 0 Å². The minimum Gasteiger partial charge on any atom is -0.477 e. The van der Waals surface area contributed by atoms with Crippen molar-refractivity contribution >= 4 is 5.97 Å². The van der Waals surface area contributed by atoms with Gasteiger partial charge in [-0.15, -0.1) is 13.2 Å². The van der Waals surface area contributed by atoms with Crippen LogP contribution in [0.1, 0.15) is 18.1 Å². The van der Waals surface area contributed by atoms with Crippen LogP contribution in [-0.2, 0) is 27.1 Å². The zero-order chi connectivity index (χ0) is 21.5. The lowest BCUT2D eigenvalue weighted by atomic mass is 9.97. The molecule has 1 aromatic heterocycles. The first-order valence-corrected chi connectivity index (χ1v) is 8.71. The van der Waals surface area contributed by atoms with Crippen molar-refractivity contribution in [3.05, 3.63) is 53.7 Å². The first kappa shape index (κ1) is 22.5. The molecule has 0 bridgehead atoms. The van der Waals surface area contributed by atoms with Gasteiger partial charge in [0.2, 0.25) is 5.88 Å². The van der Waals surface area contributed by atoms with E-state index in [0.717, 1.165) is 11.1 Å². The maximum atomic E-state index is 12.2. The third-order valence-electron chi connectivity index (χ3n) is 4.20. The van der Waals surface area contributed by atoms with Crippen molar-refractivity contribution < 1.29 is 36.9 Å². The van der Waals surface area contributed by atoms with E-state index in [0.29, 0.717) is 18.9 Å². The average Bonchev–Trinajstić information content (AvgIpc) is 2.68. The highest BCUT2D eigenvalue weighted by Crippen LogP contribution is 2.23. The van der Waals surface area contributed by atoms with E-state index < -0.39 is 17.9 Å². The fourth-order valence-electron chi connectivity index (χ4n) is 2.57. The van der Waals surface area contributed by atoms with Crippen LogP contribution in [-0.4, -0.2) is 43.7 Å². The molecular weight excluding hydrogens is 391 g/mol. The molecule has 0 amide bonds. The van der Waals surface area contributed by atoms with Crippen molar-refractivity contribution in [3.63, 3.8) is 0 Å². The van der Waals surface area contributed by atoms with Crippen molar-refractivity contribution in [3.8, 4) is 11.6 Å². The predicted octanol–water partition coefficient (Wildman–Crippen LogP) is 3.72. The molecule has 0 aliphatic rings. The summed E-state index contributed by atoms with van der Waals surface area (Å²) in [6.45, 7) is 1.93. The number of esters is 1. The van der Waals surface area contributed by atoms with Gasteiger partial charge in [0, 0.05) is 32.2 Å². The summed E-state index contributed by atoms with van der Waals surface area (Å²) in [5.41, 5.74) is 0.457. The van der Waals surface area contributed by atoms with Crippen molar-refractivity contribution in [2.75, 3.05) is 20.8 Å². The summed E-state index contributed by atoms with van der Waals surface area (Å²) in [4.78, 5) is 16.0. The summed E-state index contributed by atoms with van der Waals surface area (Å²) in [6.07, 6.45) is -2.35. The molecule has 1 unspecified atom stereocenters. The van der Waals surface area contributed by atoms with E-state index in [-0.39, 0.29) is 12.2 Å². The molecule has 2 aromatic rings. The van der Waals surface area contributed by atoms with E-state index in [1.165, 1.54) is 26.4 Å². The number of nitrogens with zero attached hydrogens (tertiary/aromatic N) is 1. The van der Waals surface area contributed by atoms with Gasteiger partial charge in [-0.25, -0.2) is 9.78 Å². The van der Waals surface area contributed by atoms with E-state index in [2.05, 4.69) is 9.72 Å². The molecule has 0 aliphatic heterocycles. The second kappa shape index (κ2) is 9.60. The normalized spacial score (nSPS) is 13.4. The Morgan fingerprint density at radius 1 is 1.03 bits per heavy atom. The molecule has 1 aromatic carbocycles. The number of ether oxygens (including phenoxy) is 4. The quantitative estimate of drug-likeness (QED) is 0.584. The topological polar surface area (TPSA) is 66.9 Å². The number of hydrogen-bond acceptors (Lipinski definition) is 6. The minimum atomic E-state index is -4.71. The van der Waals surface area contributed by atoms with Crippen LogP contribution < -0.4 is 9.47 Å². The lowest BCUT2D eigenvalue weighted by molar-refractivity contribution is -0.274. The molecule has 29 heavy (non-hydrogen) atoms. The van der Waals surface area contributed by atoms with Crippen molar-refractivity contribution in [2.24, 2.45) is 0 Å². The number of halogens is 3. The molecule has 158 valence electrons. The molecule has 1 atom stereocenters. The number of hydrogen-bond donors (Lipinski definition) is 0. The van der Waals surface area contributed by atoms with Crippen LogP contribution in [0.2, 0.25) is 0 Å². The van der Waals surface area contributed by atoms with Crippen molar-refractivity contribution in [2.45, 2.75) is 31.7 Å². The molecule has 0 spiro atoms. The van der Waals surface area contributed by atoms with Gasteiger partial charge in [-0.1, -0.05) is 18.2 Å². The largest absolute Gasteiger partial charge is 0.573 e. The molecule has 1 heterocycles. The van der Waals surface area contributed by atoms with Crippen LogP contribution >= 0.6 is 0 Å². The third kappa shape index (κ3) is 6.94. The van der Waals surface area contributed by atoms with Gasteiger partial charge in [-0.3, -0.25) is 0 Å². The highest BCUT2D eigenvalue weighted by atomic mass is 19.4. The van der Waals surface area contributed by atoms with Gasteiger partial charge in [0.25, 0.3) is 0 Å². The molecule has 0 aliphatic carbocycles. The summed E-state index contributed by atoms with van der Waals surface area (Å²) in [6, 6.07) is 9.03. The smallest absolute Gasteiger partial charge is 0.477 e. The molecular formula is C20H22F3NO5. The van der Waals surface area contributed by atoms with E-state index in [4.69, 9.17) is 14.2 Å². The summed E-state index contributed by atoms with van der Waals surface area (Å²) in [7, 11) is 2.73. The fourth-order valence-corrected chi connectivity index (χ4v) is 2.57. The van der Waals surface area contributed by atoms with Crippen LogP contribution in [0.25, 0.3) is 0 Å². The Morgan fingerprint density at radius 3 is 2.21 bits per heavy atom. The number of rotatable bonds is 9. The Labute approximate surface area is 166 Å². The molecule has 0 radical (unpaired) electrons. The van der Waals surface area contributed by atoms with Crippen LogP contribution in [0, 0.1) is 0 Å². The summed E-state index contributed by atoms with van der Waals surface area (Å²) >= 11 is 0. The standard InChI is InChI=1S/C20H22F3NO5/c1-19(27-3,18(25)26-2)12-15-6-9-17(24-13-15)28-11-10-14-4-7-16(8-5-14)29-20(21,22)23/h4-9,13H,10-12H2,1-3H3. The second-order valence-corrected chi connectivity index (χ2v) is 6.40. The number of alkyl halides is 3. The molecule has 0 saturated carbocycles.